The Balaban J connectivity index is 1.36. The summed E-state index contributed by atoms with van der Waals surface area (Å²) in [6.07, 6.45) is 3.14. The number of phenolic OH excluding ortho intramolecular Hbond substituents is 1. The molecule has 1 N–H and O–H groups in total. The molecule has 1 aromatic heterocycles. The van der Waals surface area contributed by atoms with E-state index < -0.39 is 0 Å². The Bertz CT molecular complexity index is 1060. The van der Waals surface area contributed by atoms with Crippen LogP contribution in [-0.2, 0) is 28.9 Å². The summed E-state index contributed by atoms with van der Waals surface area (Å²) < 4.78 is 11.6. The second kappa shape index (κ2) is 9.17. The van der Waals surface area contributed by atoms with Gasteiger partial charge in [0, 0.05) is 32.1 Å². The molecule has 5 rings (SSSR count). The first kappa shape index (κ1) is 20.8. The third kappa shape index (κ3) is 4.41. The molecule has 2 aromatic carbocycles. The van der Waals surface area contributed by atoms with Gasteiger partial charge in [0.25, 0.3) is 0 Å². The van der Waals surface area contributed by atoms with Gasteiger partial charge in [0.2, 0.25) is 5.91 Å². The average Bonchev–Trinajstić information content (AvgIpc) is 3.28. The number of phenols is 1. The van der Waals surface area contributed by atoms with Crippen LogP contribution in [-0.4, -0.2) is 40.7 Å². The number of oxazole rings is 1. The van der Waals surface area contributed by atoms with E-state index in [-0.39, 0.29) is 17.6 Å². The van der Waals surface area contributed by atoms with Gasteiger partial charge in [-0.3, -0.25) is 4.79 Å². The summed E-state index contributed by atoms with van der Waals surface area (Å²) in [5.41, 5.74) is 2.91. The Labute approximate surface area is 187 Å². The Morgan fingerprint density at radius 1 is 1.09 bits per heavy atom. The van der Waals surface area contributed by atoms with Crippen molar-refractivity contribution in [2.75, 3.05) is 19.8 Å². The van der Waals surface area contributed by atoms with E-state index in [0.717, 1.165) is 54.5 Å². The number of nitrogens with zero attached hydrogens (tertiary/aromatic N) is 2. The molecule has 0 radical (unpaired) electrons. The number of benzene rings is 2. The van der Waals surface area contributed by atoms with Crippen LogP contribution in [0.4, 0.5) is 0 Å². The van der Waals surface area contributed by atoms with Gasteiger partial charge in [-0.25, -0.2) is 4.98 Å². The highest BCUT2D eigenvalue weighted by Crippen LogP contribution is 2.32. The van der Waals surface area contributed by atoms with E-state index in [1.54, 1.807) is 12.1 Å². The van der Waals surface area contributed by atoms with Crippen molar-refractivity contribution in [3.8, 4) is 5.75 Å². The van der Waals surface area contributed by atoms with E-state index in [9.17, 15) is 9.90 Å². The van der Waals surface area contributed by atoms with Crippen molar-refractivity contribution in [1.29, 1.82) is 0 Å². The van der Waals surface area contributed by atoms with Gasteiger partial charge in [0.05, 0.1) is 12.5 Å². The lowest BCUT2D eigenvalue weighted by Gasteiger charge is -2.29. The highest BCUT2D eigenvalue weighted by atomic mass is 16.5. The van der Waals surface area contributed by atoms with Gasteiger partial charge in [-0.05, 0) is 42.5 Å². The van der Waals surface area contributed by atoms with Gasteiger partial charge in [-0.1, -0.05) is 42.5 Å². The molecule has 2 aliphatic rings. The molecule has 1 amide bonds. The molecule has 32 heavy (non-hydrogen) atoms. The number of fused-ring (bicyclic) bond motifs is 1. The van der Waals surface area contributed by atoms with Gasteiger partial charge in [-0.2, -0.15) is 0 Å². The quantitative estimate of drug-likeness (QED) is 0.654. The number of ether oxygens (including phenoxy) is 1. The van der Waals surface area contributed by atoms with Crippen LogP contribution in [0.2, 0.25) is 0 Å². The SMILES string of the molecule is O=C(C(Cc1ccc(O)cc1)c1ccccc1)N1CCc2oc(C3CCOCC3)nc2C1. The molecular weight excluding hydrogens is 404 g/mol. The minimum atomic E-state index is -0.288. The van der Waals surface area contributed by atoms with Crippen LogP contribution < -0.4 is 0 Å². The van der Waals surface area contributed by atoms with Gasteiger partial charge < -0.3 is 19.2 Å². The molecule has 3 aromatic rings. The molecule has 1 unspecified atom stereocenters. The summed E-state index contributed by atoms with van der Waals surface area (Å²) in [5.74, 6) is 2.08. The molecule has 166 valence electrons. The predicted molar refractivity (Wildman–Crippen MR) is 119 cm³/mol. The molecule has 1 fully saturated rings. The summed E-state index contributed by atoms with van der Waals surface area (Å²) in [5, 5.41) is 9.61. The zero-order chi connectivity index (χ0) is 21.9. The first-order chi connectivity index (χ1) is 15.7. The van der Waals surface area contributed by atoms with Gasteiger partial charge in [0.15, 0.2) is 5.89 Å². The van der Waals surface area contributed by atoms with E-state index in [4.69, 9.17) is 14.1 Å². The summed E-state index contributed by atoms with van der Waals surface area (Å²) in [6.45, 7) is 2.61. The lowest BCUT2D eigenvalue weighted by atomic mass is 9.90. The van der Waals surface area contributed by atoms with Crippen molar-refractivity contribution < 1.29 is 19.1 Å². The number of aromatic nitrogens is 1. The third-order valence-corrected chi connectivity index (χ3v) is 6.50. The lowest BCUT2D eigenvalue weighted by Crippen LogP contribution is -2.39. The molecule has 0 aliphatic carbocycles. The first-order valence-electron chi connectivity index (χ1n) is 11.4. The van der Waals surface area contributed by atoms with E-state index in [0.29, 0.717) is 31.8 Å². The summed E-state index contributed by atoms with van der Waals surface area (Å²) in [6, 6.07) is 17.0. The number of rotatable bonds is 5. The normalized spacial score (nSPS) is 17.7. The van der Waals surface area contributed by atoms with Crippen LogP contribution >= 0.6 is 0 Å². The second-order valence-electron chi connectivity index (χ2n) is 8.65. The summed E-state index contributed by atoms with van der Waals surface area (Å²) >= 11 is 0. The van der Waals surface area contributed by atoms with Crippen molar-refractivity contribution in [2.45, 2.75) is 44.1 Å². The minimum absolute atomic E-state index is 0.102. The topological polar surface area (TPSA) is 75.8 Å². The second-order valence-corrected chi connectivity index (χ2v) is 8.65. The van der Waals surface area contributed by atoms with Crippen LogP contribution in [0.5, 0.6) is 5.75 Å². The molecule has 1 atom stereocenters. The highest BCUT2D eigenvalue weighted by Gasteiger charge is 2.32. The fourth-order valence-corrected chi connectivity index (χ4v) is 4.65. The molecular formula is C26H28N2O4. The minimum Gasteiger partial charge on any atom is -0.508 e. The molecule has 0 spiro atoms. The summed E-state index contributed by atoms with van der Waals surface area (Å²) in [7, 11) is 0. The maximum absolute atomic E-state index is 13.7. The van der Waals surface area contributed by atoms with Crippen molar-refractivity contribution in [2.24, 2.45) is 0 Å². The molecule has 0 saturated carbocycles. The van der Waals surface area contributed by atoms with Crippen molar-refractivity contribution in [3.63, 3.8) is 0 Å². The molecule has 6 heteroatoms. The standard InChI is InChI=1S/C26H28N2O4/c29-21-8-6-18(7-9-21)16-22(19-4-2-1-3-5-19)26(30)28-13-10-24-23(17-28)27-25(32-24)20-11-14-31-15-12-20/h1-9,20,22,29H,10-17H2. The van der Waals surface area contributed by atoms with Crippen molar-refractivity contribution >= 4 is 5.91 Å². The zero-order valence-electron chi connectivity index (χ0n) is 18.1. The summed E-state index contributed by atoms with van der Waals surface area (Å²) in [4.78, 5) is 20.4. The Morgan fingerprint density at radius 3 is 2.59 bits per heavy atom. The van der Waals surface area contributed by atoms with Crippen LogP contribution in [0.25, 0.3) is 0 Å². The lowest BCUT2D eigenvalue weighted by molar-refractivity contribution is -0.133. The first-order valence-corrected chi connectivity index (χ1v) is 11.4. The van der Waals surface area contributed by atoms with E-state index in [1.165, 1.54) is 0 Å². The fraction of sp³-hybridized carbons (Fsp3) is 0.385. The monoisotopic (exact) mass is 432 g/mol. The smallest absolute Gasteiger partial charge is 0.230 e. The number of amides is 1. The Hall–Kier alpha value is -3.12. The maximum atomic E-state index is 13.7. The van der Waals surface area contributed by atoms with Crippen LogP contribution in [0, 0.1) is 0 Å². The van der Waals surface area contributed by atoms with E-state index in [2.05, 4.69) is 0 Å². The average molecular weight is 433 g/mol. The van der Waals surface area contributed by atoms with Crippen LogP contribution in [0.1, 0.15) is 53.1 Å². The number of aromatic hydroxyl groups is 1. The van der Waals surface area contributed by atoms with E-state index in [1.807, 2.05) is 47.4 Å². The Kier molecular flexibility index (Phi) is 5.95. The van der Waals surface area contributed by atoms with Gasteiger partial charge in [-0.15, -0.1) is 0 Å². The van der Waals surface area contributed by atoms with Crippen LogP contribution in [0.15, 0.2) is 59.0 Å². The number of hydrogen-bond donors (Lipinski definition) is 1. The molecule has 6 nitrogen and oxygen atoms in total. The van der Waals surface area contributed by atoms with E-state index >= 15 is 0 Å². The third-order valence-electron chi connectivity index (χ3n) is 6.50. The molecule has 0 bridgehead atoms. The molecule has 1 saturated heterocycles. The maximum Gasteiger partial charge on any atom is 0.230 e. The van der Waals surface area contributed by atoms with Crippen molar-refractivity contribution in [3.05, 3.63) is 83.1 Å². The van der Waals surface area contributed by atoms with Crippen molar-refractivity contribution in [1.82, 2.24) is 9.88 Å². The Morgan fingerprint density at radius 2 is 1.84 bits per heavy atom. The fourth-order valence-electron chi connectivity index (χ4n) is 4.65. The zero-order valence-corrected chi connectivity index (χ0v) is 18.1. The largest absolute Gasteiger partial charge is 0.508 e. The van der Waals surface area contributed by atoms with Gasteiger partial charge in [0.1, 0.15) is 17.2 Å². The van der Waals surface area contributed by atoms with Crippen LogP contribution in [0.3, 0.4) is 0 Å². The highest BCUT2D eigenvalue weighted by molar-refractivity contribution is 5.84. The molecule has 2 aliphatic heterocycles. The predicted octanol–water partition coefficient (Wildman–Crippen LogP) is 4.19. The molecule has 3 heterocycles. The van der Waals surface area contributed by atoms with Gasteiger partial charge >= 0.3 is 0 Å². The number of hydrogen-bond acceptors (Lipinski definition) is 5. The number of carbonyl (C=O) groups excluding carboxylic acids is 1. The number of carbonyl (C=O) groups is 1.